The van der Waals surface area contributed by atoms with Crippen LogP contribution in [-0.4, -0.2) is 47.7 Å². The third kappa shape index (κ3) is 4.17. The number of piperidine rings is 1. The van der Waals surface area contributed by atoms with Crippen LogP contribution in [0.3, 0.4) is 0 Å². The van der Waals surface area contributed by atoms with Gasteiger partial charge >= 0.3 is 0 Å². The zero-order chi connectivity index (χ0) is 20.1. The van der Waals surface area contributed by atoms with Crippen LogP contribution in [0.4, 0.5) is 0 Å². The largest absolute Gasteiger partial charge is 0.507 e. The van der Waals surface area contributed by atoms with E-state index in [1.54, 1.807) is 23.1 Å². The van der Waals surface area contributed by atoms with Gasteiger partial charge in [-0.1, -0.05) is 17.7 Å². The highest BCUT2D eigenvalue weighted by molar-refractivity contribution is 6.31. The second-order valence-electron chi connectivity index (χ2n) is 6.62. The van der Waals surface area contributed by atoms with Crippen LogP contribution >= 0.6 is 11.6 Å². The highest BCUT2D eigenvalue weighted by Crippen LogP contribution is 2.28. The number of carbonyl (C=O) groups is 3. The van der Waals surface area contributed by atoms with E-state index < -0.39 is 0 Å². The molecule has 2 aromatic carbocycles. The predicted octanol–water partition coefficient (Wildman–Crippen LogP) is 3.74. The van der Waals surface area contributed by atoms with Gasteiger partial charge in [0.05, 0.1) is 17.2 Å². The monoisotopic (exact) mass is 401 g/mol. The van der Waals surface area contributed by atoms with Crippen molar-refractivity contribution in [2.24, 2.45) is 0 Å². The van der Waals surface area contributed by atoms with Crippen LogP contribution in [0.5, 0.6) is 11.5 Å². The molecule has 1 fully saturated rings. The van der Waals surface area contributed by atoms with Gasteiger partial charge in [0, 0.05) is 17.1 Å². The van der Waals surface area contributed by atoms with E-state index in [1.807, 2.05) is 0 Å². The van der Waals surface area contributed by atoms with Crippen molar-refractivity contribution in [3.05, 3.63) is 58.1 Å². The number of likely N-dealkylation sites (tertiary alicyclic amines) is 1. The maximum absolute atomic E-state index is 13.1. The highest BCUT2D eigenvalue weighted by Gasteiger charge is 2.29. The molecular formula is C21H20ClNO5. The van der Waals surface area contributed by atoms with Crippen molar-refractivity contribution in [3.8, 4) is 11.5 Å². The van der Waals surface area contributed by atoms with Gasteiger partial charge in [0.25, 0.3) is 5.91 Å². The van der Waals surface area contributed by atoms with E-state index in [9.17, 15) is 19.5 Å². The number of hydrogen-bond acceptors (Lipinski definition) is 5. The third-order valence-corrected chi connectivity index (χ3v) is 5.09. The molecule has 6 nitrogen and oxygen atoms in total. The summed E-state index contributed by atoms with van der Waals surface area (Å²) in [6.07, 6.45) is 3.70. The van der Waals surface area contributed by atoms with Gasteiger partial charge in [0.15, 0.2) is 12.6 Å². The number of amides is 1. The molecule has 3 rings (SSSR count). The standard InChI is InChI=1S/C21H20ClNO5/c22-15-8-7-14(11-24)17(10-15)21(27)23-9-2-1-4-16(23)13-28-20-6-3-5-19(26)18(20)12-25/h3,5-8,10-12,16,26H,1-2,4,9,13H2. The third-order valence-electron chi connectivity index (χ3n) is 4.85. The summed E-state index contributed by atoms with van der Waals surface area (Å²) in [7, 11) is 0. The highest BCUT2D eigenvalue weighted by atomic mass is 35.5. The summed E-state index contributed by atoms with van der Waals surface area (Å²) in [6.45, 7) is 0.714. The van der Waals surface area contributed by atoms with Crippen LogP contribution in [0.15, 0.2) is 36.4 Å². The van der Waals surface area contributed by atoms with Crippen LogP contribution in [0, 0.1) is 0 Å². The normalized spacial score (nSPS) is 16.5. The van der Waals surface area contributed by atoms with Crippen LogP contribution < -0.4 is 4.74 Å². The summed E-state index contributed by atoms with van der Waals surface area (Å²) in [5.41, 5.74) is 0.630. The van der Waals surface area contributed by atoms with Gasteiger partial charge in [-0.15, -0.1) is 0 Å². The van der Waals surface area contributed by atoms with Crippen molar-refractivity contribution in [3.63, 3.8) is 0 Å². The molecule has 0 spiro atoms. The number of phenols is 1. The average Bonchev–Trinajstić information content (AvgIpc) is 2.72. The molecule has 1 saturated heterocycles. The summed E-state index contributed by atoms with van der Waals surface area (Å²) in [6, 6.07) is 8.97. The van der Waals surface area contributed by atoms with E-state index in [4.69, 9.17) is 16.3 Å². The van der Waals surface area contributed by atoms with Crippen molar-refractivity contribution in [2.45, 2.75) is 25.3 Å². The first kappa shape index (κ1) is 19.9. The van der Waals surface area contributed by atoms with Gasteiger partial charge in [-0.25, -0.2) is 0 Å². The van der Waals surface area contributed by atoms with Crippen LogP contribution in [-0.2, 0) is 0 Å². The van der Waals surface area contributed by atoms with Crippen LogP contribution in [0.2, 0.25) is 5.02 Å². The molecule has 1 atom stereocenters. The lowest BCUT2D eigenvalue weighted by Crippen LogP contribution is -2.47. The molecule has 28 heavy (non-hydrogen) atoms. The lowest BCUT2D eigenvalue weighted by atomic mass is 9.99. The summed E-state index contributed by atoms with van der Waals surface area (Å²) in [5.74, 6) is -0.160. The van der Waals surface area contributed by atoms with E-state index in [1.165, 1.54) is 18.2 Å². The Hall–Kier alpha value is -2.86. The second-order valence-corrected chi connectivity index (χ2v) is 7.05. The second kappa shape index (κ2) is 8.89. The molecule has 1 N–H and O–H groups in total. The molecule has 0 aromatic heterocycles. The molecule has 7 heteroatoms. The van der Waals surface area contributed by atoms with Gasteiger partial charge in [-0.05, 0) is 49.6 Å². The minimum absolute atomic E-state index is 0.0780. The number of carbonyl (C=O) groups excluding carboxylic acids is 3. The molecule has 2 aromatic rings. The molecule has 0 aliphatic carbocycles. The Labute approximate surface area is 167 Å². The molecule has 1 aliphatic rings. The first-order chi connectivity index (χ1) is 13.5. The molecule has 0 radical (unpaired) electrons. The quantitative estimate of drug-likeness (QED) is 0.745. The van der Waals surface area contributed by atoms with E-state index in [0.717, 1.165) is 19.3 Å². The maximum atomic E-state index is 13.1. The number of phenolic OH excluding ortho intramolecular Hbond substituents is 1. The number of benzene rings is 2. The summed E-state index contributed by atoms with van der Waals surface area (Å²) in [4.78, 5) is 37.3. The smallest absolute Gasteiger partial charge is 0.255 e. The Bertz CT molecular complexity index is 898. The van der Waals surface area contributed by atoms with E-state index in [-0.39, 0.29) is 46.7 Å². The molecule has 146 valence electrons. The molecule has 1 heterocycles. The van der Waals surface area contributed by atoms with Crippen molar-refractivity contribution in [1.29, 1.82) is 0 Å². The van der Waals surface area contributed by atoms with Gasteiger partial charge in [0.1, 0.15) is 18.1 Å². The van der Waals surface area contributed by atoms with E-state index in [2.05, 4.69) is 0 Å². The Morgan fingerprint density at radius 2 is 2.04 bits per heavy atom. The molecule has 1 amide bonds. The zero-order valence-corrected chi connectivity index (χ0v) is 15.9. The summed E-state index contributed by atoms with van der Waals surface area (Å²) in [5, 5.41) is 10.2. The number of aromatic hydroxyl groups is 1. The first-order valence-corrected chi connectivity index (χ1v) is 9.38. The Morgan fingerprint density at radius 3 is 2.79 bits per heavy atom. The number of nitrogens with zero attached hydrogens (tertiary/aromatic N) is 1. The number of hydrogen-bond donors (Lipinski definition) is 1. The number of rotatable bonds is 6. The van der Waals surface area contributed by atoms with E-state index >= 15 is 0 Å². The summed E-state index contributed by atoms with van der Waals surface area (Å²) < 4.78 is 5.76. The lowest BCUT2D eigenvalue weighted by molar-refractivity contribution is 0.0525. The van der Waals surface area contributed by atoms with Crippen molar-refractivity contribution >= 4 is 30.1 Å². The predicted molar refractivity (Wildman–Crippen MR) is 105 cm³/mol. The SMILES string of the molecule is O=Cc1ccc(Cl)cc1C(=O)N1CCCCC1COc1cccc(O)c1C=O. The molecule has 0 saturated carbocycles. The average molecular weight is 402 g/mol. The van der Waals surface area contributed by atoms with Crippen molar-refractivity contribution < 1.29 is 24.2 Å². The fourth-order valence-electron chi connectivity index (χ4n) is 3.38. The molecule has 1 unspecified atom stereocenters. The minimum Gasteiger partial charge on any atom is -0.507 e. The van der Waals surface area contributed by atoms with Crippen LogP contribution in [0.1, 0.15) is 50.3 Å². The minimum atomic E-state index is -0.274. The lowest BCUT2D eigenvalue weighted by Gasteiger charge is -2.36. The summed E-state index contributed by atoms with van der Waals surface area (Å²) >= 11 is 6.01. The molecule has 0 bridgehead atoms. The number of aldehydes is 2. The van der Waals surface area contributed by atoms with Gasteiger partial charge in [-0.3, -0.25) is 14.4 Å². The number of halogens is 1. The number of ether oxygens (including phenoxy) is 1. The van der Waals surface area contributed by atoms with Gasteiger partial charge in [-0.2, -0.15) is 0 Å². The Balaban J connectivity index is 1.81. The molecular weight excluding hydrogens is 382 g/mol. The van der Waals surface area contributed by atoms with Gasteiger partial charge in [0.2, 0.25) is 0 Å². The van der Waals surface area contributed by atoms with E-state index in [0.29, 0.717) is 24.1 Å². The topological polar surface area (TPSA) is 83.9 Å². The van der Waals surface area contributed by atoms with Crippen LogP contribution in [0.25, 0.3) is 0 Å². The van der Waals surface area contributed by atoms with Crippen molar-refractivity contribution in [1.82, 2.24) is 4.90 Å². The Kier molecular flexibility index (Phi) is 6.31. The van der Waals surface area contributed by atoms with Gasteiger partial charge < -0.3 is 14.7 Å². The van der Waals surface area contributed by atoms with Crippen molar-refractivity contribution in [2.75, 3.05) is 13.2 Å². The molecule has 1 aliphatic heterocycles. The Morgan fingerprint density at radius 1 is 1.21 bits per heavy atom. The maximum Gasteiger partial charge on any atom is 0.255 e. The fourth-order valence-corrected chi connectivity index (χ4v) is 3.55. The first-order valence-electron chi connectivity index (χ1n) is 9.00. The fraction of sp³-hybridized carbons (Fsp3) is 0.286. The zero-order valence-electron chi connectivity index (χ0n) is 15.1.